The Kier molecular flexibility index (Phi) is 8.38. The van der Waals surface area contributed by atoms with Crippen molar-refractivity contribution in [1.29, 1.82) is 0 Å². The number of sulfonamides is 1. The summed E-state index contributed by atoms with van der Waals surface area (Å²) >= 11 is 0. The fourth-order valence-corrected chi connectivity index (χ4v) is 4.63. The predicted molar refractivity (Wildman–Crippen MR) is 135 cm³/mol. The first kappa shape index (κ1) is 25.6. The summed E-state index contributed by atoms with van der Waals surface area (Å²) in [5.74, 6) is -0.356. The van der Waals surface area contributed by atoms with Crippen molar-refractivity contribution in [2.45, 2.75) is 31.6 Å². The number of hydrogen-bond acceptors (Lipinski definition) is 6. The molecule has 0 bridgehead atoms. The number of benzene rings is 3. The number of carbonyl (C=O) groups excluding carboxylic acids is 2. The van der Waals surface area contributed by atoms with E-state index in [1.807, 2.05) is 26.0 Å². The molecule has 0 saturated carbocycles. The average Bonchev–Trinajstić information content (AvgIpc) is 2.84. The number of carbonyl (C=O) groups is 2. The van der Waals surface area contributed by atoms with E-state index in [4.69, 9.17) is 4.74 Å². The zero-order chi connectivity index (χ0) is 25.4. The second kappa shape index (κ2) is 11.4. The van der Waals surface area contributed by atoms with Crippen LogP contribution < -0.4 is 14.5 Å². The van der Waals surface area contributed by atoms with Crippen LogP contribution in [0.5, 0.6) is 5.75 Å². The van der Waals surface area contributed by atoms with E-state index in [9.17, 15) is 18.0 Å². The lowest BCUT2D eigenvalue weighted by molar-refractivity contribution is -0.131. The van der Waals surface area contributed by atoms with Gasteiger partial charge >= 0.3 is 5.97 Å². The third-order valence-corrected chi connectivity index (χ3v) is 6.80. The van der Waals surface area contributed by atoms with Gasteiger partial charge in [-0.05, 0) is 65.6 Å². The van der Waals surface area contributed by atoms with E-state index in [1.165, 1.54) is 25.3 Å². The van der Waals surface area contributed by atoms with Gasteiger partial charge < -0.3 is 4.74 Å². The highest BCUT2D eigenvalue weighted by Crippen LogP contribution is 2.25. The second-order valence-corrected chi connectivity index (χ2v) is 9.89. The summed E-state index contributed by atoms with van der Waals surface area (Å²) in [5, 5.41) is 3.92. The monoisotopic (exact) mass is 493 g/mol. The van der Waals surface area contributed by atoms with Gasteiger partial charge in [-0.15, -0.1) is 0 Å². The highest BCUT2D eigenvalue weighted by atomic mass is 32.2. The lowest BCUT2D eigenvalue weighted by Crippen LogP contribution is -2.39. The fourth-order valence-electron chi connectivity index (χ4n) is 3.19. The Bertz CT molecular complexity index is 1290. The normalized spacial score (nSPS) is 11.4. The number of hydrazone groups is 1. The molecule has 0 fully saturated rings. The highest BCUT2D eigenvalue weighted by molar-refractivity contribution is 7.92. The number of ether oxygens (including phenoxy) is 1. The molecule has 3 aromatic carbocycles. The summed E-state index contributed by atoms with van der Waals surface area (Å²) in [6, 6.07) is 21.6. The van der Waals surface area contributed by atoms with Gasteiger partial charge in [0.05, 0.1) is 16.8 Å². The zero-order valence-corrected chi connectivity index (χ0v) is 20.5. The summed E-state index contributed by atoms with van der Waals surface area (Å²) in [6.45, 7) is 4.94. The van der Waals surface area contributed by atoms with Crippen molar-refractivity contribution < 1.29 is 22.7 Å². The van der Waals surface area contributed by atoms with Gasteiger partial charge in [0.1, 0.15) is 12.3 Å². The van der Waals surface area contributed by atoms with Gasteiger partial charge in [0.15, 0.2) is 0 Å². The summed E-state index contributed by atoms with van der Waals surface area (Å²) in [7, 11) is -4.00. The van der Waals surface area contributed by atoms with E-state index >= 15 is 0 Å². The number of esters is 1. The van der Waals surface area contributed by atoms with Crippen molar-refractivity contribution in [1.82, 2.24) is 5.43 Å². The molecule has 0 aromatic heterocycles. The maximum Gasteiger partial charge on any atom is 0.308 e. The molecule has 0 atom stereocenters. The van der Waals surface area contributed by atoms with Gasteiger partial charge in [0, 0.05) is 6.92 Å². The molecule has 0 aliphatic rings. The Morgan fingerprint density at radius 2 is 1.60 bits per heavy atom. The van der Waals surface area contributed by atoms with Gasteiger partial charge in [0.2, 0.25) is 0 Å². The van der Waals surface area contributed by atoms with Crippen LogP contribution in [0.4, 0.5) is 5.69 Å². The quantitative estimate of drug-likeness (QED) is 0.209. The summed E-state index contributed by atoms with van der Waals surface area (Å²) in [5.41, 5.74) is 4.45. The molecule has 1 N–H and O–H groups in total. The first-order valence-electron chi connectivity index (χ1n) is 10.9. The van der Waals surface area contributed by atoms with E-state index in [2.05, 4.69) is 10.5 Å². The van der Waals surface area contributed by atoms with Crippen molar-refractivity contribution >= 4 is 33.8 Å². The molecule has 0 aliphatic carbocycles. The van der Waals surface area contributed by atoms with Crippen molar-refractivity contribution in [2.75, 3.05) is 10.8 Å². The van der Waals surface area contributed by atoms with Crippen molar-refractivity contribution in [3.8, 4) is 5.75 Å². The molecule has 0 unspecified atom stereocenters. The maximum absolute atomic E-state index is 13.4. The van der Waals surface area contributed by atoms with Crippen molar-refractivity contribution in [2.24, 2.45) is 5.10 Å². The number of hydrogen-bond donors (Lipinski definition) is 1. The van der Waals surface area contributed by atoms with Crippen LogP contribution in [0.25, 0.3) is 0 Å². The molecule has 0 radical (unpaired) electrons. The van der Waals surface area contributed by atoms with Gasteiger partial charge in [0.25, 0.3) is 15.9 Å². The van der Waals surface area contributed by atoms with Crippen LogP contribution in [0.15, 0.2) is 88.9 Å². The van der Waals surface area contributed by atoms with Crippen LogP contribution in [-0.4, -0.2) is 33.1 Å². The van der Waals surface area contributed by atoms with Gasteiger partial charge in [-0.1, -0.05) is 44.2 Å². The lowest BCUT2D eigenvalue weighted by atomic mass is 10.0. The average molecular weight is 494 g/mol. The highest BCUT2D eigenvalue weighted by Gasteiger charge is 2.27. The molecular weight excluding hydrogens is 466 g/mol. The number of nitrogens with one attached hydrogen (secondary N) is 1. The maximum atomic E-state index is 13.4. The van der Waals surface area contributed by atoms with Crippen LogP contribution in [0, 0.1) is 0 Å². The molecule has 35 heavy (non-hydrogen) atoms. The summed E-state index contributed by atoms with van der Waals surface area (Å²) in [6.07, 6.45) is 1.41. The Morgan fingerprint density at radius 1 is 0.971 bits per heavy atom. The lowest BCUT2D eigenvalue weighted by Gasteiger charge is -2.24. The second-order valence-electron chi connectivity index (χ2n) is 8.03. The molecular formula is C26H27N3O5S. The number of anilines is 1. The number of amides is 1. The van der Waals surface area contributed by atoms with E-state index in [0.29, 0.717) is 17.0 Å². The topological polar surface area (TPSA) is 105 Å². The molecule has 0 saturated heterocycles. The Hall–Kier alpha value is -3.98. The SMILES string of the molecule is CC(=O)Oc1ccc(/C=N\NC(=O)CN(c2ccc(C(C)C)cc2)S(=O)(=O)c2ccccc2)cc1. The van der Waals surface area contributed by atoms with Crippen LogP contribution in [0.3, 0.4) is 0 Å². The van der Waals surface area contributed by atoms with Gasteiger partial charge in [-0.2, -0.15) is 5.10 Å². The molecule has 0 aliphatic heterocycles. The van der Waals surface area contributed by atoms with E-state index < -0.39 is 28.4 Å². The van der Waals surface area contributed by atoms with Crippen LogP contribution in [0.1, 0.15) is 37.8 Å². The molecule has 0 spiro atoms. The molecule has 1 amide bonds. The summed E-state index contributed by atoms with van der Waals surface area (Å²) in [4.78, 5) is 23.7. The standard InChI is InChI=1S/C26H27N3O5S/c1-19(2)22-11-13-23(14-12-22)29(35(32,33)25-7-5-4-6-8-25)18-26(31)28-27-17-21-9-15-24(16-10-21)34-20(3)30/h4-17,19H,18H2,1-3H3,(H,28,31)/b27-17-. The third kappa shape index (κ3) is 7.00. The molecule has 3 rings (SSSR count). The van der Waals surface area contributed by atoms with Gasteiger partial charge in [-0.3, -0.25) is 13.9 Å². The Morgan fingerprint density at radius 3 is 2.17 bits per heavy atom. The first-order chi connectivity index (χ1) is 16.7. The fraction of sp³-hybridized carbons (Fsp3) is 0.192. The molecule has 182 valence electrons. The third-order valence-electron chi connectivity index (χ3n) is 5.01. The van der Waals surface area contributed by atoms with Crippen LogP contribution in [0.2, 0.25) is 0 Å². The molecule has 3 aromatic rings. The van der Waals surface area contributed by atoms with E-state index in [-0.39, 0.29) is 10.8 Å². The van der Waals surface area contributed by atoms with Gasteiger partial charge in [-0.25, -0.2) is 13.8 Å². The summed E-state index contributed by atoms with van der Waals surface area (Å²) < 4.78 is 32.8. The first-order valence-corrected chi connectivity index (χ1v) is 12.4. The zero-order valence-electron chi connectivity index (χ0n) is 19.7. The Labute approximate surface area is 205 Å². The smallest absolute Gasteiger partial charge is 0.308 e. The van der Waals surface area contributed by atoms with E-state index in [1.54, 1.807) is 54.6 Å². The van der Waals surface area contributed by atoms with Crippen LogP contribution >= 0.6 is 0 Å². The molecule has 8 nitrogen and oxygen atoms in total. The Balaban J connectivity index is 1.77. The molecule has 9 heteroatoms. The minimum absolute atomic E-state index is 0.0807. The minimum atomic E-state index is -4.00. The number of nitrogens with zero attached hydrogens (tertiary/aromatic N) is 2. The van der Waals surface area contributed by atoms with Crippen molar-refractivity contribution in [3.05, 3.63) is 90.0 Å². The van der Waals surface area contributed by atoms with Crippen molar-refractivity contribution in [3.63, 3.8) is 0 Å². The minimum Gasteiger partial charge on any atom is -0.427 e. The number of rotatable bonds is 9. The van der Waals surface area contributed by atoms with Crippen LogP contribution in [-0.2, 0) is 19.6 Å². The largest absolute Gasteiger partial charge is 0.427 e. The predicted octanol–water partition coefficient (Wildman–Crippen LogP) is 4.08. The van der Waals surface area contributed by atoms with E-state index in [0.717, 1.165) is 9.87 Å². The molecule has 0 heterocycles.